The lowest BCUT2D eigenvalue weighted by molar-refractivity contribution is -0.134. The molecule has 160 valence electrons. The molecule has 2 aliphatic rings. The van der Waals surface area contributed by atoms with Crippen molar-refractivity contribution in [3.05, 3.63) is 35.4 Å². The zero-order chi connectivity index (χ0) is 19.9. The van der Waals surface area contributed by atoms with Crippen LogP contribution in [0.4, 0.5) is 0 Å². The van der Waals surface area contributed by atoms with Crippen LogP contribution < -0.4 is 16.4 Å². The van der Waals surface area contributed by atoms with Gasteiger partial charge in [-0.3, -0.25) is 9.59 Å². The number of nitrogens with one attached hydrogen (secondary N) is 2. The highest BCUT2D eigenvalue weighted by Crippen LogP contribution is 2.27. The zero-order valence-electron chi connectivity index (χ0n) is 17.0. The van der Waals surface area contributed by atoms with Crippen LogP contribution in [0.2, 0.25) is 0 Å². The second kappa shape index (κ2) is 11.4. The summed E-state index contributed by atoms with van der Waals surface area (Å²) in [4.78, 5) is 30.6. The Morgan fingerprint density at radius 1 is 1.24 bits per heavy atom. The summed E-state index contributed by atoms with van der Waals surface area (Å²) in [6.45, 7) is 4.78. The van der Waals surface area contributed by atoms with E-state index in [0.717, 1.165) is 50.4 Å². The van der Waals surface area contributed by atoms with Gasteiger partial charge in [0.2, 0.25) is 11.8 Å². The number of carbonyl (C=O) groups excluding carboxylic acids is 2. The number of hydrogen-bond acceptors (Lipinski definition) is 3. The third-order valence-electron chi connectivity index (χ3n) is 5.52. The number of nitrogens with two attached hydrogens (primary N) is 1. The van der Waals surface area contributed by atoms with Crippen LogP contribution in [-0.2, 0) is 11.3 Å². The number of benzene rings is 1. The van der Waals surface area contributed by atoms with Crippen molar-refractivity contribution < 1.29 is 9.59 Å². The third-order valence-corrected chi connectivity index (χ3v) is 5.52. The molecule has 0 bridgehead atoms. The van der Waals surface area contributed by atoms with E-state index in [1.54, 1.807) is 12.1 Å². The predicted octanol–water partition coefficient (Wildman–Crippen LogP) is 2.25. The highest BCUT2D eigenvalue weighted by atomic mass is 127. The number of likely N-dealkylation sites (tertiary alicyclic amines) is 1. The van der Waals surface area contributed by atoms with Crippen LogP contribution in [0.3, 0.4) is 0 Å². The Hall–Kier alpha value is -1.84. The summed E-state index contributed by atoms with van der Waals surface area (Å²) in [7, 11) is 0. The first kappa shape index (κ1) is 23.4. The summed E-state index contributed by atoms with van der Waals surface area (Å²) in [5, 5.41) is 6.71. The van der Waals surface area contributed by atoms with Crippen LogP contribution in [0.15, 0.2) is 29.3 Å². The van der Waals surface area contributed by atoms with E-state index >= 15 is 0 Å². The molecule has 1 heterocycles. The van der Waals surface area contributed by atoms with Gasteiger partial charge in [-0.25, -0.2) is 4.99 Å². The topological polar surface area (TPSA) is 99.8 Å². The summed E-state index contributed by atoms with van der Waals surface area (Å²) in [6, 6.07) is 7.42. The number of rotatable bonds is 6. The molecule has 7 nitrogen and oxygen atoms in total. The lowest BCUT2D eigenvalue weighted by Crippen LogP contribution is -2.45. The molecule has 1 atom stereocenters. The number of amides is 2. The molecule has 1 aromatic carbocycles. The predicted molar refractivity (Wildman–Crippen MR) is 125 cm³/mol. The number of guanidine groups is 1. The largest absolute Gasteiger partial charge is 0.366 e. The second-order valence-corrected chi connectivity index (χ2v) is 7.66. The van der Waals surface area contributed by atoms with Crippen LogP contribution >= 0.6 is 24.0 Å². The molecule has 2 fully saturated rings. The van der Waals surface area contributed by atoms with Gasteiger partial charge in [-0.15, -0.1) is 24.0 Å². The summed E-state index contributed by atoms with van der Waals surface area (Å²) >= 11 is 0. The fourth-order valence-electron chi connectivity index (χ4n) is 4.02. The Morgan fingerprint density at radius 3 is 2.69 bits per heavy atom. The molecule has 3 rings (SSSR count). The molecule has 1 aliphatic carbocycles. The first-order chi connectivity index (χ1) is 13.6. The first-order valence-corrected chi connectivity index (χ1v) is 10.3. The molecule has 1 aliphatic heterocycles. The van der Waals surface area contributed by atoms with Gasteiger partial charge in [0.1, 0.15) is 0 Å². The molecule has 0 aromatic heterocycles. The molecule has 2 amide bonds. The van der Waals surface area contributed by atoms with E-state index in [-0.39, 0.29) is 35.9 Å². The van der Waals surface area contributed by atoms with E-state index in [1.165, 1.54) is 12.8 Å². The van der Waals surface area contributed by atoms with Gasteiger partial charge in [-0.1, -0.05) is 25.0 Å². The van der Waals surface area contributed by atoms with Crippen molar-refractivity contribution in [3.8, 4) is 0 Å². The van der Waals surface area contributed by atoms with Crippen molar-refractivity contribution in [2.24, 2.45) is 16.6 Å². The van der Waals surface area contributed by atoms with Crippen molar-refractivity contribution in [1.29, 1.82) is 0 Å². The van der Waals surface area contributed by atoms with Crippen LogP contribution in [0, 0.1) is 5.92 Å². The minimum Gasteiger partial charge on any atom is -0.366 e. The number of hydrogen-bond donors (Lipinski definition) is 3. The van der Waals surface area contributed by atoms with Gasteiger partial charge in [0.25, 0.3) is 0 Å². The third kappa shape index (κ3) is 6.58. The van der Waals surface area contributed by atoms with Gasteiger partial charge in [0.05, 0.1) is 6.54 Å². The average molecular weight is 513 g/mol. The number of primary amides is 1. The molecule has 1 saturated carbocycles. The van der Waals surface area contributed by atoms with E-state index in [1.807, 2.05) is 24.0 Å². The van der Waals surface area contributed by atoms with Gasteiger partial charge in [-0.05, 0) is 43.9 Å². The highest BCUT2D eigenvalue weighted by Gasteiger charge is 2.32. The first-order valence-electron chi connectivity index (χ1n) is 10.3. The monoisotopic (exact) mass is 513 g/mol. The van der Waals surface area contributed by atoms with Crippen LogP contribution in [0.1, 0.15) is 54.9 Å². The fourth-order valence-corrected chi connectivity index (χ4v) is 4.02. The van der Waals surface area contributed by atoms with E-state index in [4.69, 9.17) is 5.73 Å². The number of nitrogens with zero attached hydrogens (tertiary/aromatic N) is 2. The normalized spacial score (nSPS) is 19.7. The maximum atomic E-state index is 12.6. The van der Waals surface area contributed by atoms with Crippen molar-refractivity contribution in [2.75, 3.05) is 19.6 Å². The molecule has 1 aromatic rings. The van der Waals surface area contributed by atoms with Gasteiger partial charge < -0.3 is 21.3 Å². The average Bonchev–Trinajstić information content (AvgIpc) is 3.38. The summed E-state index contributed by atoms with van der Waals surface area (Å²) < 4.78 is 0. The van der Waals surface area contributed by atoms with Crippen LogP contribution in [0.5, 0.6) is 0 Å². The standard InChI is InChI=1S/C21H31N5O2.HI/c1-2-23-21(24-13-15-6-5-9-17(12-15)19(22)27)25-18-10-11-26(14-18)20(28)16-7-3-4-8-16;/h5-6,9,12,16,18H,2-4,7-8,10-11,13-14H2,1H3,(H2,22,27)(H2,23,24,25);1H. The van der Waals surface area contributed by atoms with Crippen molar-refractivity contribution in [1.82, 2.24) is 15.5 Å². The Balaban J connectivity index is 0.00000300. The fraction of sp³-hybridized carbons (Fsp3) is 0.571. The van der Waals surface area contributed by atoms with E-state index < -0.39 is 5.91 Å². The minimum atomic E-state index is -0.436. The maximum Gasteiger partial charge on any atom is 0.248 e. The molecule has 1 unspecified atom stereocenters. The summed E-state index contributed by atoms with van der Waals surface area (Å²) in [5.41, 5.74) is 6.76. The van der Waals surface area contributed by atoms with E-state index in [0.29, 0.717) is 18.0 Å². The Labute approximate surface area is 189 Å². The van der Waals surface area contributed by atoms with Crippen molar-refractivity contribution in [3.63, 3.8) is 0 Å². The van der Waals surface area contributed by atoms with Crippen molar-refractivity contribution in [2.45, 2.75) is 51.6 Å². The number of aliphatic imine (C=N–C) groups is 1. The maximum absolute atomic E-state index is 12.6. The van der Waals surface area contributed by atoms with E-state index in [9.17, 15) is 9.59 Å². The van der Waals surface area contributed by atoms with Gasteiger partial charge in [-0.2, -0.15) is 0 Å². The quantitative estimate of drug-likeness (QED) is 0.309. The molecular formula is C21H32IN5O2. The van der Waals surface area contributed by atoms with Crippen LogP contribution in [0.25, 0.3) is 0 Å². The Bertz CT molecular complexity index is 734. The molecule has 0 spiro atoms. The molecular weight excluding hydrogens is 481 g/mol. The SMILES string of the molecule is CCNC(=NCc1cccc(C(N)=O)c1)NC1CCN(C(=O)C2CCCC2)C1.I. The molecule has 1 saturated heterocycles. The van der Waals surface area contributed by atoms with Crippen molar-refractivity contribution >= 4 is 41.8 Å². The molecule has 29 heavy (non-hydrogen) atoms. The Kier molecular flexibility index (Phi) is 9.19. The number of carbonyl (C=O) groups is 2. The van der Waals surface area contributed by atoms with Gasteiger partial charge >= 0.3 is 0 Å². The molecule has 8 heteroatoms. The lowest BCUT2D eigenvalue weighted by atomic mass is 10.1. The zero-order valence-corrected chi connectivity index (χ0v) is 19.4. The highest BCUT2D eigenvalue weighted by molar-refractivity contribution is 14.0. The van der Waals surface area contributed by atoms with Gasteiger partial charge in [0.15, 0.2) is 5.96 Å². The van der Waals surface area contributed by atoms with E-state index in [2.05, 4.69) is 15.6 Å². The van der Waals surface area contributed by atoms with Gasteiger partial charge in [0, 0.05) is 37.2 Å². The summed E-state index contributed by atoms with van der Waals surface area (Å²) in [6.07, 6.45) is 5.38. The smallest absolute Gasteiger partial charge is 0.248 e. The molecule has 0 radical (unpaired) electrons. The summed E-state index contributed by atoms with van der Waals surface area (Å²) in [5.74, 6) is 0.853. The lowest BCUT2D eigenvalue weighted by Gasteiger charge is -2.21. The second-order valence-electron chi connectivity index (χ2n) is 7.66. The number of halogens is 1. The minimum absolute atomic E-state index is 0. The molecule has 4 N–H and O–H groups in total. The van der Waals surface area contributed by atoms with Crippen LogP contribution in [-0.4, -0.2) is 48.3 Å². The Morgan fingerprint density at radius 2 is 2.00 bits per heavy atom.